The molecule has 0 radical (unpaired) electrons. The maximum absolute atomic E-state index is 12.2. The molecular formula is C6H10FI. The zero-order valence-corrected chi connectivity index (χ0v) is 7.33. The Labute approximate surface area is 59.5 Å². The van der Waals surface area contributed by atoms with Gasteiger partial charge in [0, 0.05) is 3.58 Å². The summed E-state index contributed by atoms with van der Waals surface area (Å²) in [5.41, 5.74) is 0. The highest BCUT2D eigenvalue weighted by atomic mass is 127. The van der Waals surface area contributed by atoms with Gasteiger partial charge in [-0.2, -0.15) is 0 Å². The molecule has 0 N–H and O–H groups in total. The highest BCUT2D eigenvalue weighted by Gasteiger charge is 1.91. The monoisotopic (exact) mass is 228 g/mol. The van der Waals surface area contributed by atoms with Crippen LogP contribution in [0.1, 0.15) is 20.3 Å². The lowest BCUT2D eigenvalue weighted by Gasteiger charge is -1.92. The SMILES string of the molecule is C=I/C(CC)=C(/C)F. The highest BCUT2D eigenvalue weighted by molar-refractivity contribution is 14.2. The van der Waals surface area contributed by atoms with Gasteiger partial charge < -0.3 is 0 Å². The predicted octanol–water partition coefficient (Wildman–Crippen LogP) is 3.00. The molecule has 0 fully saturated rings. The van der Waals surface area contributed by atoms with E-state index in [-0.39, 0.29) is 26.6 Å². The predicted molar refractivity (Wildman–Crippen MR) is 45.2 cm³/mol. The van der Waals surface area contributed by atoms with Crippen molar-refractivity contribution in [3.8, 4) is 0 Å². The number of hydrogen-bond donors (Lipinski definition) is 0. The van der Waals surface area contributed by atoms with Gasteiger partial charge in [-0.1, -0.05) is 32.2 Å². The van der Waals surface area contributed by atoms with Crippen molar-refractivity contribution in [1.29, 1.82) is 0 Å². The van der Waals surface area contributed by atoms with Crippen molar-refractivity contribution >= 4 is 25.2 Å². The molecule has 0 aliphatic heterocycles. The minimum absolute atomic E-state index is 0.0182. The van der Waals surface area contributed by atoms with E-state index in [1.54, 1.807) is 0 Å². The lowest BCUT2D eigenvalue weighted by atomic mass is 10.4. The molecule has 0 atom stereocenters. The van der Waals surface area contributed by atoms with Crippen molar-refractivity contribution in [2.45, 2.75) is 20.3 Å². The van der Waals surface area contributed by atoms with Crippen LogP contribution >= 0.6 is 20.7 Å². The molecular weight excluding hydrogens is 218 g/mol. The minimum atomic E-state index is -0.244. The van der Waals surface area contributed by atoms with E-state index >= 15 is 0 Å². The summed E-state index contributed by atoms with van der Waals surface area (Å²) in [5.74, 6) is -0.0182. The molecule has 0 heterocycles. The van der Waals surface area contributed by atoms with Gasteiger partial charge in [-0.25, -0.2) is 4.39 Å². The zero-order valence-electron chi connectivity index (χ0n) is 5.17. The molecule has 0 unspecified atom stereocenters. The Hall–Kier alpha value is 0.270. The molecule has 0 amide bonds. The van der Waals surface area contributed by atoms with Gasteiger partial charge in [0.1, 0.15) is 5.83 Å². The van der Waals surface area contributed by atoms with Crippen LogP contribution in [0.3, 0.4) is 0 Å². The van der Waals surface area contributed by atoms with E-state index in [4.69, 9.17) is 0 Å². The van der Waals surface area contributed by atoms with E-state index < -0.39 is 0 Å². The second kappa shape index (κ2) is 4.18. The molecule has 0 spiro atoms. The summed E-state index contributed by atoms with van der Waals surface area (Å²) in [6.45, 7) is 3.47. The molecule has 0 aliphatic carbocycles. The summed E-state index contributed by atoms with van der Waals surface area (Å²) in [6, 6.07) is 0. The first-order chi connectivity index (χ1) is 3.72. The summed E-state index contributed by atoms with van der Waals surface area (Å²) in [5, 5.41) is 0. The fraction of sp³-hybridized carbons (Fsp3) is 0.500. The fourth-order valence-corrected chi connectivity index (χ4v) is 1.50. The van der Waals surface area contributed by atoms with Gasteiger partial charge >= 0.3 is 0 Å². The first-order valence-electron chi connectivity index (χ1n) is 2.46. The summed E-state index contributed by atoms with van der Waals surface area (Å²) >= 11 is -0.244. The Bertz CT molecular complexity index is 112. The molecule has 0 bridgehead atoms. The average molecular weight is 228 g/mol. The van der Waals surface area contributed by atoms with Gasteiger partial charge in [0.15, 0.2) is 0 Å². The topological polar surface area (TPSA) is 0 Å². The van der Waals surface area contributed by atoms with Crippen LogP contribution < -0.4 is 0 Å². The molecule has 0 aromatic carbocycles. The number of halogens is 2. The van der Waals surface area contributed by atoms with Crippen LogP contribution in [0.4, 0.5) is 4.39 Å². The largest absolute Gasteiger partial charge is 0.211 e. The van der Waals surface area contributed by atoms with Gasteiger partial charge in [-0.05, 0) is 13.3 Å². The Kier molecular flexibility index (Phi) is 4.32. The summed E-state index contributed by atoms with van der Waals surface area (Å²) < 4.78 is 16.9. The van der Waals surface area contributed by atoms with Gasteiger partial charge in [0.2, 0.25) is 0 Å². The Balaban J connectivity index is 4.07. The van der Waals surface area contributed by atoms with Gasteiger partial charge in [0.25, 0.3) is 0 Å². The molecule has 0 rings (SSSR count). The smallest absolute Gasteiger partial charge is 0.106 e. The second-order valence-electron chi connectivity index (χ2n) is 1.43. The molecule has 0 saturated heterocycles. The minimum Gasteiger partial charge on any atom is -0.211 e. The third-order valence-electron chi connectivity index (χ3n) is 0.846. The Morgan fingerprint density at radius 1 is 1.75 bits per heavy atom. The number of rotatable bonds is 2. The van der Waals surface area contributed by atoms with Crippen molar-refractivity contribution in [2.75, 3.05) is 0 Å². The lowest BCUT2D eigenvalue weighted by molar-refractivity contribution is 0.633. The third kappa shape index (κ3) is 2.55. The Morgan fingerprint density at radius 3 is 2.25 bits per heavy atom. The first-order valence-corrected chi connectivity index (χ1v) is 5.06. The Morgan fingerprint density at radius 2 is 2.25 bits per heavy atom. The van der Waals surface area contributed by atoms with Crippen molar-refractivity contribution in [3.05, 3.63) is 9.41 Å². The zero-order chi connectivity index (χ0) is 6.57. The normalized spacial score (nSPS) is 13.4. The van der Waals surface area contributed by atoms with Crippen LogP contribution in [0.15, 0.2) is 9.41 Å². The number of allylic oxidation sites excluding steroid dienone is 2. The molecule has 0 aromatic heterocycles. The van der Waals surface area contributed by atoms with Crippen molar-refractivity contribution in [1.82, 2.24) is 0 Å². The van der Waals surface area contributed by atoms with Gasteiger partial charge in [-0.15, -0.1) is 0 Å². The lowest BCUT2D eigenvalue weighted by Crippen LogP contribution is -1.68. The van der Waals surface area contributed by atoms with Gasteiger partial charge in [0.05, 0.1) is 0 Å². The molecule has 0 aromatic rings. The summed E-state index contributed by atoms with van der Waals surface area (Å²) in [4.78, 5) is 0. The fourth-order valence-electron chi connectivity index (χ4n) is 0.430. The van der Waals surface area contributed by atoms with Crippen molar-refractivity contribution in [3.63, 3.8) is 0 Å². The number of hydrogen-bond acceptors (Lipinski definition) is 0. The highest BCUT2D eigenvalue weighted by Crippen LogP contribution is 2.20. The summed E-state index contributed by atoms with van der Waals surface area (Å²) in [6.07, 6.45) is 0.832. The van der Waals surface area contributed by atoms with Crippen LogP contribution in [-0.4, -0.2) is 4.51 Å². The second-order valence-corrected chi connectivity index (χ2v) is 3.49. The van der Waals surface area contributed by atoms with E-state index in [0.717, 1.165) is 10.0 Å². The maximum atomic E-state index is 12.2. The molecule has 0 aliphatic rings. The van der Waals surface area contributed by atoms with Crippen LogP contribution in [0, 0.1) is 0 Å². The van der Waals surface area contributed by atoms with Gasteiger partial charge in [-0.3, -0.25) is 0 Å². The van der Waals surface area contributed by atoms with Crippen molar-refractivity contribution in [2.24, 2.45) is 0 Å². The maximum Gasteiger partial charge on any atom is 0.106 e. The van der Waals surface area contributed by atoms with E-state index in [1.165, 1.54) is 6.92 Å². The standard InChI is InChI=1S/C6H10FI/c1-4-6(8-3)5(2)7/h3-4H2,1-2H3/b6-5-. The third-order valence-corrected chi connectivity index (χ3v) is 3.27. The van der Waals surface area contributed by atoms with Crippen LogP contribution in [0.2, 0.25) is 0 Å². The molecule has 0 nitrogen and oxygen atoms in total. The van der Waals surface area contributed by atoms with Crippen LogP contribution in [-0.2, 0) is 0 Å². The van der Waals surface area contributed by atoms with E-state index in [2.05, 4.69) is 4.51 Å². The van der Waals surface area contributed by atoms with E-state index in [0.29, 0.717) is 0 Å². The molecule has 8 heavy (non-hydrogen) atoms. The average Bonchev–Trinajstić information content (AvgIpc) is 1.69. The molecule has 0 saturated carbocycles. The van der Waals surface area contributed by atoms with Crippen LogP contribution in [0.5, 0.6) is 0 Å². The molecule has 2 heteroatoms. The first kappa shape index (κ1) is 8.27. The van der Waals surface area contributed by atoms with Crippen molar-refractivity contribution < 1.29 is 4.39 Å². The quantitative estimate of drug-likeness (QED) is 0.637. The summed E-state index contributed by atoms with van der Waals surface area (Å²) in [7, 11) is 0. The molecule has 48 valence electrons. The van der Waals surface area contributed by atoms with E-state index in [9.17, 15) is 4.39 Å². The van der Waals surface area contributed by atoms with E-state index in [1.807, 2.05) is 6.92 Å². The van der Waals surface area contributed by atoms with Crippen LogP contribution in [0.25, 0.3) is 0 Å².